The molecule has 0 aromatic heterocycles. The van der Waals surface area contributed by atoms with Crippen molar-refractivity contribution in [2.45, 2.75) is 0 Å². The number of para-hydroxylation sites is 2. The molecule has 0 unspecified atom stereocenters. The molecule has 0 aliphatic carbocycles. The molecule has 51 valence electrons. The van der Waals surface area contributed by atoms with E-state index in [1.807, 2.05) is 0 Å². The summed E-state index contributed by atoms with van der Waals surface area (Å²) in [5, 5.41) is 9.00. The molecule has 1 aromatic carbocycles. The van der Waals surface area contributed by atoms with Crippen molar-refractivity contribution in [3.63, 3.8) is 0 Å². The third-order valence-electron chi connectivity index (χ3n) is 1.02. The number of hydrogen-bond acceptors (Lipinski definition) is 3. The Morgan fingerprint density at radius 1 is 1.40 bits per heavy atom. The molecule has 0 heterocycles. The zero-order chi connectivity index (χ0) is 7.40. The van der Waals surface area contributed by atoms with Crippen LogP contribution in [0.25, 0.3) is 0 Å². The number of rotatable bonds is 2. The second-order valence-electron chi connectivity index (χ2n) is 1.65. The van der Waals surface area contributed by atoms with Crippen LogP contribution in [0.15, 0.2) is 24.3 Å². The van der Waals surface area contributed by atoms with E-state index in [-0.39, 0.29) is 11.5 Å². The van der Waals surface area contributed by atoms with Gasteiger partial charge in [0.25, 0.3) is 0 Å². The van der Waals surface area contributed by atoms with Gasteiger partial charge in [-0.25, -0.2) is 0 Å². The van der Waals surface area contributed by atoms with Crippen LogP contribution in [0.1, 0.15) is 0 Å². The van der Waals surface area contributed by atoms with Gasteiger partial charge in [-0.15, -0.1) is 0 Å². The number of phenolic OH excluding ortho intramolecular Hbond substituents is 1. The number of phenols is 1. The van der Waals surface area contributed by atoms with Crippen molar-refractivity contribution in [2.24, 2.45) is 0 Å². The first-order valence-electron chi connectivity index (χ1n) is 2.66. The molecule has 0 fully saturated rings. The first kappa shape index (κ1) is 7.27. The van der Waals surface area contributed by atoms with Crippen molar-refractivity contribution in [1.29, 1.82) is 0 Å². The van der Waals surface area contributed by atoms with Gasteiger partial charge in [-0.05, 0) is 0 Å². The molecule has 0 bridgehead atoms. The van der Waals surface area contributed by atoms with E-state index in [4.69, 9.17) is 5.11 Å². The Labute approximate surface area is 64.7 Å². The standard InChI is InChI=1S/C6H5GeO3/c8-5-3-1-2-4-6(5)10-7-9/h1-4,8H. The maximum absolute atomic E-state index is 10.0. The van der Waals surface area contributed by atoms with Crippen LogP contribution >= 0.6 is 0 Å². The molecule has 0 saturated heterocycles. The summed E-state index contributed by atoms with van der Waals surface area (Å²) in [7, 11) is 0. The summed E-state index contributed by atoms with van der Waals surface area (Å²) in [4.78, 5) is 0. The van der Waals surface area contributed by atoms with Gasteiger partial charge in [-0.2, -0.15) is 0 Å². The summed E-state index contributed by atoms with van der Waals surface area (Å²) in [6.45, 7) is 0. The Morgan fingerprint density at radius 3 is 2.70 bits per heavy atom. The Morgan fingerprint density at radius 2 is 2.10 bits per heavy atom. The van der Waals surface area contributed by atoms with Crippen LogP contribution in [0.3, 0.4) is 0 Å². The SMILES string of the molecule is [O]=[Ge][O]c1ccccc1O. The van der Waals surface area contributed by atoms with E-state index >= 15 is 0 Å². The second kappa shape index (κ2) is 3.36. The van der Waals surface area contributed by atoms with Crippen LogP contribution in [-0.4, -0.2) is 20.8 Å². The van der Waals surface area contributed by atoms with Gasteiger partial charge in [-0.1, -0.05) is 0 Å². The molecule has 1 N–H and O–H groups in total. The number of aromatic hydroxyl groups is 1. The Hall–Kier alpha value is -0.837. The third-order valence-corrected chi connectivity index (χ3v) is 1.65. The van der Waals surface area contributed by atoms with E-state index in [1.54, 1.807) is 18.2 Å². The Kier molecular flexibility index (Phi) is 2.44. The Balaban J connectivity index is 2.91. The third kappa shape index (κ3) is 1.57. The molecular weight excluding hydrogens is 193 g/mol. The van der Waals surface area contributed by atoms with Gasteiger partial charge >= 0.3 is 64.1 Å². The van der Waals surface area contributed by atoms with E-state index in [0.717, 1.165) is 0 Å². The van der Waals surface area contributed by atoms with Gasteiger partial charge in [0.05, 0.1) is 0 Å². The molecule has 1 rings (SSSR count). The van der Waals surface area contributed by atoms with Crippen molar-refractivity contribution in [3.05, 3.63) is 24.3 Å². The summed E-state index contributed by atoms with van der Waals surface area (Å²) < 4.78 is 14.7. The van der Waals surface area contributed by atoms with Gasteiger partial charge in [-0.3, -0.25) is 0 Å². The van der Waals surface area contributed by atoms with Gasteiger partial charge in [0.15, 0.2) is 0 Å². The first-order chi connectivity index (χ1) is 4.84. The monoisotopic (exact) mass is 199 g/mol. The van der Waals surface area contributed by atoms with E-state index in [9.17, 15) is 3.78 Å². The van der Waals surface area contributed by atoms with Crippen molar-refractivity contribution >= 4 is 15.7 Å². The first-order valence-corrected chi connectivity index (χ1v) is 4.38. The topological polar surface area (TPSA) is 46.5 Å². The molecule has 1 aromatic rings. The van der Waals surface area contributed by atoms with Gasteiger partial charge < -0.3 is 0 Å². The second-order valence-corrected chi connectivity index (χ2v) is 2.43. The quantitative estimate of drug-likeness (QED) is 0.712. The fourth-order valence-electron chi connectivity index (χ4n) is 0.588. The molecule has 0 atom stereocenters. The van der Waals surface area contributed by atoms with Crippen LogP contribution in [0.4, 0.5) is 0 Å². The molecule has 0 saturated carbocycles. The number of hydrogen-bond donors (Lipinski definition) is 1. The molecule has 0 aliphatic rings. The molecule has 4 heteroatoms. The summed E-state index contributed by atoms with van der Waals surface area (Å²) in [5.41, 5.74) is 0. The molecular formula is C6H5GeO3. The zero-order valence-corrected chi connectivity index (χ0v) is 7.17. The maximum atomic E-state index is 10.0. The van der Waals surface area contributed by atoms with Crippen LogP contribution < -0.4 is 3.76 Å². The predicted octanol–water partition coefficient (Wildman–Crippen LogP) is 0.736. The van der Waals surface area contributed by atoms with Crippen molar-refractivity contribution < 1.29 is 12.6 Å². The minimum absolute atomic E-state index is 0.0297. The summed E-state index contributed by atoms with van der Waals surface area (Å²) in [6, 6.07) is 6.43. The molecule has 10 heavy (non-hydrogen) atoms. The van der Waals surface area contributed by atoms with Crippen LogP contribution in [0, 0.1) is 0 Å². The van der Waals surface area contributed by atoms with Crippen LogP contribution in [0.2, 0.25) is 0 Å². The average Bonchev–Trinajstić information content (AvgIpc) is 1.94. The molecule has 0 aliphatic heterocycles. The summed E-state index contributed by atoms with van der Waals surface area (Å²) in [5.74, 6) is 0.319. The minimum atomic E-state index is -1.61. The molecule has 3 nitrogen and oxygen atoms in total. The van der Waals surface area contributed by atoms with Gasteiger partial charge in [0, 0.05) is 0 Å². The van der Waals surface area contributed by atoms with Crippen molar-refractivity contribution in [3.8, 4) is 11.5 Å². The van der Waals surface area contributed by atoms with Gasteiger partial charge in [0.2, 0.25) is 0 Å². The van der Waals surface area contributed by atoms with E-state index in [0.29, 0.717) is 0 Å². The summed E-state index contributed by atoms with van der Waals surface area (Å²) >= 11 is -1.61. The predicted molar refractivity (Wildman–Crippen MR) is 35.2 cm³/mol. The number of benzene rings is 1. The van der Waals surface area contributed by atoms with E-state index in [1.165, 1.54) is 6.07 Å². The van der Waals surface area contributed by atoms with Crippen molar-refractivity contribution in [1.82, 2.24) is 0 Å². The van der Waals surface area contributed by atoms with Crippen molar-refractivity contribution in [2.75, 3.05) is 0 Å². The Bertz CT molecular complexity index is 236. The summed E-state index contributed by atoms with van der Waals surface area (Å²) in [6.07, 6.45) is 0. The van der Waals surface area contributed by atoms with E-state index in [2.05, 4.69) is 3.76 Å². The molecule has 1 radical (unpaired) electrons. The molecule has 0 spiro atoms. The normalized spacial score (nSPS) is 8.80. The molecule has 0 amide bonds. The fraction of sp³-hybridized carbons (Fsp3) is 0. The van der Waals surface area contributed by atoms with Gasteiger partial charge in [0.1, 0.15) is 0 Å². The fourth-order valence-corrected chi connectivity index (χ4v) is 1.14. The average molecular weight is 198 g/mol. The zero-order valence-electron chi connectivity index (χ0n) is 5.07. The van der Waals surface area contributed by atoms with Crippen LogP contribution in [0.5, 0.6) is 11.5 Å². The van der Waals surface area contributed by atoms with E-state index < -0.39 is 15.7 Å². The van der Waals surface area contributed by atoms with Crippen LogP contribution in [-0.2, 0) is 3.78 Å².